The zero-order chi connectivity index (χ0) is 40.1. The largest absolute Gasteiger partial charge is 0.494 e. The van der Waals surface area contributed by atoms with Crippen LogP contribution in [0.2, 0.25) is 0 Å². The van der Waals surface area contributed by atoms with Crippen molar-refractivity contribution in [1.82, 2.24) is 25.2 Å². The Balaban J connectivity index is 1.35. The fourth-order valence-electron chi connectivity index (χ4n) is 7.48. The van der Waals surface area contributed by atoms with E-state index in [4.69, 9.17) is 14.2 Å². The van der Waals surface area contributed by atoms with Crippen LogP contribution in [0.1, 0.15) is 79.6 Å². The number of allylic oxidation sites excluding steroid dienone is 1. The Bertz CT molecular complexity index is 2000. The van der Waals surface area contributed by atoms with Crippen molar-refractivity contribution < 1.29 is 50.6 Å². The van der Waals surface area contributed by atoms with Crippen molar-refractivity contribution in [2.75, 3.05) is 13.7 Å². The van der Waals surface area contributed by atoms with Crippen LogP contribution < -0.4 is 24.8 Å². The highest BCUT2D eigenvalue weighted by molar-refractivity contribution is 7.91. The van der Waals surface area contributed by atoms with Crippen molar-refractivity contribution in [3.8, 4) is 11.6 Å². The van der Waals surface area contributed by atoms with E-state index in [2.05, 4.69) is 15.6 Å². The minimum absolute atomic E-state index is 0.0171. The number of fused-ring (bicyclic) bond motifs is 3. The highest BCUT2D eigenvalue weighted by atomic mass is 32.2. The summed E-state index contributed by atoms with van der Waals surface area (Å²) in [6, 6.07) is 1.94. The number of ether oxygens (including phenoxy) is 3. The molecule has 4 amide bonds. The smallest absolute Gasteiger partial charge is 0.408 e. The standard InChI is InChI=1S/C38H49F2N5O9S/c1-21-9-7-8-10-24-19-38(24,34(48)44-55(50,51)37(40)12-13-37)43-31(46)28-17-25(53-32-26-18-27(39)29(52-6)16-23(26)11-14-41-32)20-45(28)33(47)30(22(2)15-21)42-35(49)54-36(3,4)5/h8,10-11,14,16,18,21-22,24-25,28,30H,7,9,12-13,15,17,19-20H2,1-6H3,(H,42,49)(H,43,46)(H,44,48)/b10-8-/t21-,22-,24?,25-,28+,30+,38?/m1/s1. The Morgan fingerprint density at radius 1 is 1.13 bits per heavy atom. The minimum Gasteiger partial charge on any atom is -0.494 e. The molecule has 2 aliphatic heterocycles. The lowest BCUT2D eigenvalue weighted by atomic mass is 9.88. The summed E-state index contributed by atoms with van der Waals surface area (Å²) in [4.78, 5) is 61.5. The summed E-state index contributed by atoms with van der Waals surface area (Å²) in [6.07, 6.45) is 4.62. The lowest BCUT2D eigenvalue weighted by molar-refractivity contribution is -0.142. The van der Waals surface area contributed by atoms with Gasteiger partial charge >= 0.3 is 6.09 Å². The first-order chi connectivity index (χ1) is 25.8. The number of nitrogens with zero attached hydrogens (tertiary/aromatic N) is 2. The van der Waals surface area contributed by atoms with Crippen LogP contribution in [0.3, 0.4) is 0 Å². The number of hydrogen-bond acceptors (Lipinski definition) is 10. The van der Waals surface area contributed by atoms with Gasteiger partial charge in [-0.25, -0.2) is 31.7 Å². The molecule has 300 valence electrons. The van der Waals surface area contributed by atoms with Crippen molar-refractivity contribution in [1.29, 1.82) is 0 Å². The number of benzene rings is 1. The maximum atomic E-state index is 14.8. The van der Waals surface area contributed by atoms with E-state index in [0.29, 0.717) is 30.0 Å². The average molecular weight is 790 g/mol. The maximum Gasteiger partial charge on any atom is 0.408 e. The number of aromatic nitrogens is 1. The summed E-state index contributed by atoms with van der Waals surface area (Å²) in [5, 5.41) is 3.79. The number of pyridine rings is 1. The molecule has 3 heterocycles. The molecule has 3 fully saturated rings. The molecular formula is C38H49F2N5O9S. The predicted octanol–water partition coefficient (Wildman–Crippen LogP) is 4.42. The lowest BCUT2D eigenvalue weighted by Crippen LogP contribution is -2.59. The number of methoxy groups -OCH3 is 1. The number of sulfonamides is 1. The average Bonchev–Trinajstić information content (AvgIpc) is 3.98. The fourth-order valence-corrected chi connectivity index (χ4v) is 8.73. The second-order valence-electron chi connectivity index (χ2n) is 16.3. The van der Waals surface area contributed by atoms with Crippen molar-refractivity contribution in [3.05, 3.63) is 42.4 Å². The van der Waals surface area contributed by atoms with Gasteiger partial charge in [0.15, 0.2) is 11.6 Å². The SMILES string of the molecule is COc1cc2ccnc(O[C@@H]3C[C@H]4C(=O)NC5(C(=O)NS(=O)(=O)C6(F)CC6)CC5/C=C\CC[C@@H](C)C[C@@H](C)[C@H](NC(=O)OC(C)(C)C)C(=O)N4C3)c2cc1F. The third-order valence-corrected chi connectivity index (χ3v) is 12.5. The van der Waals surface area contributed by atoms with Gasteiger partial charge in [-0.3, -0.25) is 14.4 Å². The molecule has 2 saturated carbocycles. The molecular weight excluding hydrogens is 741 g/mol. The first kappa shape index (κ1) is 40.1. The number of nitrogens with one attached hydrogen (secondary N) is 3. The topological polar surface area (TPSA) is 182 Å². The molecule has 2 aliphatic carbocycles. The van der Waals surface area contributed by atoms with Gasteiger partial charge in [-0.05, 0) is 81.9 Å². The van der Waals surface area contributed by atoms with Crippen LogP contribution in [0, 0.1) is 23.6 Å². The van der Waals surface area contributed by atoms with Crippen LogP contribution in [0.4, 0.5) is 13.6 Å². The van der Waals surface area contributed by atoms with Crippen LogP contribution in [-0.2, 0) is 29.1 Å². The molecule has 1 aromatic heterocycles. The molecule has 6 rings (SSSR count). The number of alkyl carbamates (subject to hydrolysis) is 1. The van der Waals surface area contributed by atoms with Crippen LogP contribution >= 0.6 is 0 Å². The molecule has 1 saturated heterocycles. The molecule has 14 nitrogen and oxygen atoms in total. The summed E-state index contributed by atoms with van der Waals surface area (Å²) in [5.41, 5.74) is -2.61. The second-order valence-corrected chi connectivity index (χ2v) is 18.3. The quantitative estimate of drug-likeness (QED) is 0.340. The number of amides is 4. The Kier molecular flexibility index (Phi) is 10.8. The Morgan fingerprint density at radius 3 is 2.53 bits per heavy atom. The summed E-state index contributed by atoms with van der Waals surface area (Å²) in [5.74, 6) is -3.99. The molecule has 4 aliphatic rings. The number of rotatable bonds is 7. The summed E-state index contributed by atoms with van der Waals surface area (Å²) < 4.78 is 74.0. The van der Waals surface area contributed by atoms with Crippen molar-refractivity contribution in [3.63, 3.8) is 0 Å². The van der Waals surface area contributed by atoms with E-state index in [-0.39, 0.29) is 49.8 Å². The lowest BCUT2D eigenvalue weighted by Gasteiger charge is -2.33. The van der Waals surface area contributed by atoms with Gasteiger partial charge in [0.05, 0.1) is 13.7 Å². The Hall–Kier alpha value is -4.54. The number of halogens is 2. The summed E-state index contributed by atoms with van der Waals surface area (Å²) in [6.45, 7) is 8.76. The van der Waals surface area contributed by atoms with Crippen LogP contribution in [0.15, 0.2) is 36.5 Å². The molecule has 1 aromatic carbocycles. The van der Waals surface area contributed by atoms with Gasteiger partial charge in [0.25, 0.3) is 15.9 Å². The zero-order valence-corrected chi connectivity index (χ0v) is 32.6. The van der Waals surface area contributed by atoms with Gasteiger partial charge in [-0.1, -0.05) is 26.0 Å². The van der Waals surface area contributed by atoms with Crippen LogP contribution in [0.5, 0.6) is 11.6 Å². The molecule has 3 N–H and O–H groups in total. The maximum absolute atomic E-state index is 14.8. The van der Waals surface area contributed by atoms with E-state index in [9.17, 15) is 36.4 Å². The predicted molar refractivity (Wildman–Crippen MR) is 196 cm³/mol. The van der Waals surface area contributed by atoms with Gasteiger partial charge < -0.3 is 29.7 Å². The van der Waals surface area contributed by atoms with E-state index < -0.39 is 85.8 Å². The highest BCUT2D eigenvalue weighted by Crippen LogP contribution is 2.48. The first-order valence-corrected chi connectivity index (χ1v) is 20.1. The monoisotopic (exact) mass is 789 g/mol. The van der Waals surface area contributed by atoms with Crippen LogP contribution in [0.25, 0.3) is 10.8 Å². The molecule has 0 spiro atoms. The third-order valence-electron chi connectivity index (χ3n) is 10.7. The van der Waals surface area contributed by atoms with Crippen molar-refractivity contribution in [2.24, 2.45) is 17.8 Å². The zero-order valence-electron chi connectivity index (χ0n) is 31.8. The molecule has 55 heavy (non-hydrogen) atoms. The summed E-state index contributed by atoms with van der Waals surface area (Å²) in [7, 11) is -3.35. The third kappa shape index (κ3) is 8.50. The van der Waals surface area contributed by atoms with Gasteiger partial charge in [0.1, 0.15) is 29.3 Å². The van der Waals surface area contributed by atoms with Gasteiger partial charge in [-0.15, -0.1) is 0 Å². The second kappa shape index (κ2) is 14.8. The van der Waals surface area contributed by atoms with Crippen molar-refractivity contribution in [2.45, 2.75) is 114 Å². The number of carbonyl (C=O) groups is 4. The van der Waals surface area contributed by atoms with E-state index >= 15 is 0 Å². The minimum atomic E-state index is -4.69. The number of carbonyl (C=O) groups excluding carboxylic acids is 4. The molecule has 7 atom stereocenters. The van der Waals surface area contributed by atoms with Crippen molar-refractivity contribution >= 4 is 44.6 Å². The van der Waals surface area contributed by atoms with Gasteiger partial charge in [0.2, 0.25) is 22.7 Å². The molecule has 2 unspecified atom stereocenters. The molecule has 17 heteroatoms. The number of alkyl halides is 1. The van der Waals surface area contributed by atoms with E-state index in [1.165, 1.54) is 30.3 Å². The first-order valence-electron chi connectivity index (χ1n) is 18.6. The Morgan fingerprint density at radius 2 is 1.85 bits per heavy atom. The Labute approximate surface area is 319 Å². The van der Waals surface area contributed by atoms with E-state index in [1.54, 1.807) is 32.9 Å². The van der Waals surface area contributed by atoms with Gasteiger partial charge in [0, 0.05) is 36.8 Å². The molecule has 0 radical (unpaired) electrons. The van der Waals surface area contributed by atoms with Gasteiger partial charge in [-0.2, -0.15) is 0 Å². The normalized spacial score (nSPS) is 30.1. The van der Waals surface area contributed by atoms with Crippen LogP contribution in [-0.4, -0.2) is 90.1 Å². The number of hydrogen-bond donors (Lipinski definition) is 3. The summed E-state index contributed by atoms with van der Waals surface area (Å²) >= 11 is 0. The molecule has 2 aromatic rings. The molecule has 0 bridgehead atoms. The highest BCUT2D eigenvalue weighted by Gasteiger charge is 2.64. The fraction of sp³-hybridized carbons (Fsp3) is 0.605. The van der Waals surface area contributed by atoms with E-state index in [0.717, 1.165) is 0 Å². The van der Waals surface area contributed by atoms with E-state index in [1.807, 2.05) is 24.6 Å².